The quantitative estimate of drug-likeness (QED) is 0.669. The molecular formula is C16H19F2NO3. The number of alkyl halides is 2. The second-order valence-electron chi connectivity index (χ2n) is 5.06. The first kappa shape index (κ1) is 16.3. The Morgan fingerprint density at radius 3 is 2.41 bits per heavy atom. The predicted molar refractivity (Wildman–Crippen MR) is 79.3 cm³/mol. The molecule has 2 rings (SSSR count). The summed E-state index contributed by atoms with van der Waals surface area (Å²) >= 11 is 0. The van der Waals surface area contributed by atoms with Crippen molar-refractivity contribution in [3.05, 3.63) is 36.4 Å². The number of carbonyl (C=O) groups excluding carboxylic acids is 1. The third-order valence-electron chi connectivity index (χ3n) is 3.66. The molecule has 0 amide bonds. The maximum Gasteiger partial charge on any atom is 0.338 e. The van der Waals surface area contributed by atoms with E-state index < -0.39 is 23.9 Å². The van der Waals surface area contributed by atoms with E-state index in [1.54, 1.807) is 37.3 Å². The molecule has 0 bridgehead atoms. The van der Waals surface area contributed by atoms with Crippen LogP contribution in [-0.4, -0.2) is 31.1 Å². The zero-order valence-electron chi connectivity index (χ0n) is 12.6. The first-order valence-electron chi connectivity index (χ1n) is 7.07. The van der Waals surface area contributed by atoms with Crippen molar-refractivity contribution in [3.8, 4) is 5.75 Å². The average molecular weight is 311 g/mol. The highest BCUT2D eigenvalue weighted by atomic mass is 19.3. The molecule has 0 saturated heterocycles. The molecule has 1 aromatic rings. The number of methoxy groups -OCH3 is 1. The number of rotatable bonds is 5. The van der Waals surface area contributed by atoms with Gasteiger partial charge in [-0.3, -0.25) is 0 Å². The Labute approximate surface area is 128 Å². The van der Waals surface area contributed by atoms with Crippen LogP contribution in [0.3, 0.4) is 0 Å². The van der Waals surface area contributed by atoms with Crippen molar-refractivity contribution in [3.63, 3.8) is 0 Å². The molecule has 120 valence electrons. The molecule has 0 radical (unpaired) electrons. The summed E-state index contributed by atoms with van der Waals surface area (Å²) in [6.07, 6.45) is 2.32. The molecule has 0 fully saturated rings. The number of halogens is 2. The number of allylic oxidation sites excluding steroid dienone is 1. The van der Waals surface area contributed by atoms with E-state index in [0.717, 1.165) is 0 Å². The molecule has 1 aromatic carbocycles. The number of ether oxygens (including phenoxy) is 2. The van der Waals surface area contributed by atoms with Gasteiger partial charge in [-0.25, -0.2) is 13.6 Å². The van der Waals surface area contributed by atoms with Crippen LogP contribution in [0.5, 0.6) is 5.75 Å². The molecule has 0 aromatic heterocycles. The number of carbonyl (C=O) groups is 1. The largest absolute Gasteiger partial charge is 0.497 e. The lowest BCUT2D eigenvalue weighted by atomic mass is 9.81. The molecular weight excluding hydrogens is 292 g/mol. The van der Waals surface area contributed by atoms with Gasteiger partial charge < -0.3 is 14.8 Å². The van der Waals surface area contributed by atoms with E-state index in [9.17, 15) is 13.6 Å². The van der Waals surface area contributed by atoms with E-state index >= 15 is 0 Å². The number of hydrogen-bond donors (Lipinski definition) is 1. The summed E-state index contributed by atoms with van der Waals surface area (Å²) in [4.78, 5) is 12.2. The van der Waals surface area contributed by atoms with Gasteiger partial charge in [0.15, 0.2) is 0 Å². The third kappa shape index (κ3) is 2.91. The molecule has 1 atom stereocenters. The maximum atomic E-state index is 14.5. The summed E-state index contributed by atoms with van der Waals surface area (Å²) < 4.78 is 38.9. The van der Waals surface area contributed by atoms with Gasteiger partial charge >= 0.3 is 5.97 Å². The van der Waals surface area contributed by atoms with Crippen LogP contribution in [0.1, 0.15) is 19.8 Å². The van der Waals surface area contributed by atoms with Gasteiger partial charge in [0.05, 0.1) is 13.7 Å². The van der Waals surface area contributed by atoms with Crippen molar-refractivity contribution in [2.24, 2.45) is 0 Å². The highest BCUT2D eigenvalue weighted by molar-refractivity contribution is 5.87. The lowest BCUT2D eigenvalue weighted by molar-refractivity contribution is -0.165. The van der Waals surface area contributed by atoms with E-state index in [-0.39, 0.29) is 13.0 Å². The minimum atomic E-state index is -3.24. The molecule has 1 aliphatic carbocycles. The van der Waals surface area contributed by atoms with E-state index in [4.69, 9.17) is 9.47 Å². The zero-order valence-corrected chi connectivity index (χ0v) is 12.6. The van der Waals surface area contributed by atoms with Gasteiger partial charge in [-0.1, -0.05) is 12.2 Å². The van der Waals surface area contributed by atoms with Crippen LogP contribution in [0.4, 0.5) is 14.5 Å². The van der Waals surface area contributed by atoms with E-state index in [0.29, 0.717) is 11.4 Å². The van der Waals surface area contributed by atoms with E-state index in [2.05, 4.69) is 5.32 Å². The van der Waals surface area contributed by atoms with Crippen molar-refractivity contribution in [1.82, 2.24) is 0 Å². The zero-order chi connectivity index (χ0) is 16.2. The summed E-state index contributed by atoms with van der Waals surface area (Å²) in [6, 6.07) is 6.46. The van der Waals surface area contributed by atoms with Crippen molar-refractivity contribution in [2.75, 3.05) is 19.0 Å². The highest BCUT2D eigenvalue weighted by Gasteiger charge is 2.60. The van der Waals surface area contributed by atoms with E-state index in [1.807, 2.05) is 0 Å². The fraction of sp³-hybridized carbons (Fsp3) is 0.438. The lowest BCUT2D eigenvalue weighted by Crippen LogP contribution is -2.61. The minimum absolute atomic E-state index is 0.0463. The molecule has 1 aliphatic rings. The molecule has 0 aliphatic heterocycles. The number of benzene rings is 1. The Morgan fingerprint density at radius 2 is 1.86 bits per heavy atom. The fourth-order valence-electron chi connectivity index (χ4n) is 2.42. The van der Waals surface area contributed by atoms with Gasteiger partial charge in [-0.15, -0.1) is 0 Å². The van der Waals surface area contributed by atoms with Gasteiger partial charge in [0.1, 0.15) is 5.75 Å². The van der Waals surface area contributed by atoms with Crippen molar-refractivity contribution < 1.29 is 23.0 Å². The smallest absolute Gasteiger partial charge is 0.338 e. The molecule has 0 heterocycles. The molecule has 22 heavy (non-hydrogen) atoms. The standard InChI is InChI=1S/C16H19F2NO3/c1-3-22-14(20)15(10-4-5-11-16(15,17)18)19-12-6-8-13(21-2)9-7-12/h4-9,19H,3,10-11H2,1-2H3/t15-/m0/s1. The number of anilines is 1. The van der Waals surface area contributed by atoms with Crippen LogP contribution < -0.4 is 10.1 Å². The lowest BCUT2D eigenvalue weighted by Gasteiger charge is -2.40. The summed E-state index contributed by atoms with van der Waals surface area (Å²) in [5.74, 6) is -3.58. The summed E-state index contributed by atoms with van der Waals surface area (Å²) in [7, 11) is 1.52. The molecule has 0 saturated carbocycles. The molecule has 0 spiro atoms. The number of esters is 1. The van der Waals surface area contributed by atoms with Gasteiger partial charge in [0, 0.05) is 18.5 Å². The van der Waals surface area contributed by atoms with Crippen molar-refractivity contribution >= 4 is 11.7 Å². The Kier molecular flexibility index (Phi) is 4.68. The highest BCUT2D eigenvalue weighted by Crippen LogP contribution is 2.42. The Morgan fingerprint density at radius 1 is 1.23 bits per heavy atom. The summed E-state index contributed by atoms with van der Waals surface area (Å²) in [5.41, 5.74) is -1.68. The minimum Gasteiger partial charge on any atom is -0.497 e. The fourth-order valence-corrected chi connectivity index (χ4v) is 2.42. The van der Waals surface area contributed by atoms with Crippen molar-refractivity contribution in [2.45, 2.75) is 31.2 Å². The van der Waals surface area contributed by atoms with Gasteiger partial charge in [0.25, 0.3) is 5.92 Å². The monoisotopic (exact) mass is 311 g/mol. The summed E-state index contributed by atoms with van der Waals surface area (Å²) in [5, 5.41) is 2.69. The average Bonchev–Trinajstić information content (AvgIpc) is 2.50. The SMILES string of the molecule is CCOC(=O)[C@@]1(Nc2ccc(OC)cc2)CC=CCC1(F)F. The topological polar surface area (TPSA) is 47.6 Å². The van der Waals surface area contributed by atoms with Crippen LogP contribution >= 0.6 is 0 Å². The van der Waals surface area contributed by atoms with Gasteiger partial charge in [0.2, 0.25) is 5.54 Å². The van der Waals surface area contributed by atoms with E-state index in [1.165, 1.54) is 13.2 Å². The van der Waals surface area contributed by atoms with Gasteiger partial charge in [-0.2, -0.15) is 0 Å². The van der Waals surface area contributed by atoms with Crippen LogP contribution in [0.2, 0.25) is 0 Å². The first-order chi connectivity index (χ1) is 10.4. The molecule has 1 N–H and O–H groups in total. The van der Waals surface area contributed by atoms with Crippen LogP contribution in [0.25, 0.3) is 0 Å². The predicted octanol–water partition coefficient (Wildman–Crippen LogP) is 3.39. The molecule has 0 unspecified atom stereocenters. The maximum absolute atomic E-state index is 14.5. The molecule has 4 nitrogen and oxygen atoms in total. The second kappa shape index (κ2) is 6.34. The summed E-state index contributed by atoms with van der Waals surface area (Å²) in [6.45, 7) is 1.64. The van der Waals surface area contributed by atoms with Crippen LogP contribution in [0.15, 0.2) is 36.4 Å². The Balaban J connectivity index is 2.35. The molecule has 6 heteroatoms. The Hall–Kier alpha value is -2.11. The third-order valence-corrected chi connectivity index (χ3v) is 3.66. The van der Waals surface area contributed by atoms with Crippen LogP contribution in [-0.2, 0) is 9.53 Å². The number of nitrogens with one attached hydrogen (secondary N) is 1. The van der Waals surface area contributed by atoms with Crippen LogP contribution in [0, 0.1) is 0 Å². The number of hydrogen-bond acceptors (Lipinski definition) is 4. The second-order valence-corrected chi connectivity index (χ2v) is 5.06. The van der Waals surface area contributed by atoms with Gasteiger partial charge in [-0.05, 0) is 31.2 Å². The first-order valence-corrected chi connectivity index (χ1v) is 7.07. The van der Waals surface area contributed by atoms with Crippen molar-refractivity contribution in [1.29, 1.82) is 0 Å². The Bertz CT molecular complexity index is 557. The normalized spacial score (nSPS) is 22.9.